The van der Waals surface area contributed by atoms with E-state index in [1.807, 2.05) is 60.9 Å². The zero-order valence-electron chi connectivity index (χ0n) is 17.5. The molecule has 0 spiro atoms. The highest BCUT2D eigenvalue weighted by Gasteiger charge is 2.11. The Morgan fingerprint density at radius 3 is 2.60 bits per heavy atom. The van der Waals surface area contributed by atoms with Gasteiger partial charge in [0, 0.05) is 50.8 Å². The highest BCUT2D eigenvalue weighted by atomic mass is 16.5. The summed E-state index contributed by atoms with van der Waals surface area (Å²) in [7, 11) is 1.76. The lowest BCUT2D eigenvalue weighted by Gasteiger charge is -2.15. The number of rotatable bonds is 10. The molecule has 0 atom stereocenters. The third-order valence-corrected chi connectivity index (χ3v) is 4.37. The van der Waals surface area contributed by atoms with E-state index in [0.29, 0.717) is 30.5 Å². The fraction of sp³-hybridized carbons (Fsp3) is 0.304. The van der Waals surface area contributed by atoms with Crippen LogP contribution in [0.15, 0.2) is 72.1 Å². The lowest BCUT2D eigenvalue weighted by atomic mass is 10.2. The molecule has 3 aromatic rings. The van der Waals surface area contributed by atoms with Gasteiger partial charge < -0.3 is 24.7 Å². The molecule has 0 unspecified atom stereocenters. The largest absolute Gasteiger partial charge is 0.490 e. The minimum absolute atomic E-state index is 0.532. The molecule has 0 fully saturated rings. The number of guanidine groups is 1. The van der Waals surface area contributed by atoms with E-state index in [-0.39, 0.29) is 0 Å². The first-order chi connectivity index (χ1) is 14.8. The molecule has 0 saturated carbocycles. The highest BCUT2D eigenvalue weighted by Crippen LogP contribution is 2.31. The van der Waals surface area contributed by atoms with E-state index in [1.165, 1.54) is 0 Å². The summed E-state index contributed by atoms with van der Waals surface area (Å²) in [6.45, 7) is 4.88. The molecule has 0 aliphatic heterocycles. The van der Waals surface area contributed by atoms with Crippen LogP contribution in [0, 0.1) is 0 Å². The highest BCUT2D eigenvalue weighted by molar-refractivity contribution is 5.79. The van der Waals surface area contributed by atoms with Crippen LogP contribution in [0.2, 0.25) is 0 Å². The van der Waals surface area contributed by atoms with Crippen LogP contribution in [-0.2, 0) is 13.1 Å². The Kier molecular flexibility index (Phi) is 8.14. The zero-order chi connectivity index (χ0) is 21.0. The molecular weight excluding hydrogens is 378 g/mol. The van der Waals surface area contributed by atoms with Gasteiger partial charge in [-0.1, -0.05) is 25.1 Å². The molecule has 2 aromatic heterocycles. The van der Waals surface area contributed by atoms with Crippen molar-refractivity contribution in [1.82, 2.24) is 20.2 Å². The monoisotopic (exact) mass is 407 g/mol. The van der Waals surface area contributed by atoms with Crippen molar-refractivity contribution >= 4 is 5.96 Å². The maximum Gasteiger partial charge on any atom is 0.224 e. The first-order valence-corrected chi connectivity index (χ1v) is 10.2. The van der Waals surface area contributed by atoms with Crippen molar-refractivity contribution in [2.75, 3.05) is 20.2 Å². The predicted octanol–water partition coefficient (Wildman–Crippen LogP) is 3.83. The Labute approximate surface area is 177 Å². The molecule has 2 heterocycles. The van der Waals surface area contributed by atoms with E-state index in [1.54, 1.807) is 13.2 Å². The smallest absolute Gasteiger partial charge is 0.224 e. The molecule has 30 heavy (non-hydrogen) atoms. The van der Waals surface area contributed by atoms with Gasteiger partial charge in [0.2, 0.25) is 5.88 Å². The van der Waals surface area contributed by atoms with Gasteiger partial charge in [-0.05, 0) is 36.8 Å². The van der Waals surface area contributed by atoms with Crippen LogP contribution in [0.3, 0.4) is 0 Å². The number of nitrogens with zero attached hydrogens (tertiary/aromatic N) is 3. The van der Waals surface area contributed by atoms with Gasteiger partial charge in [-0.15, -0.1) is 0 Å². The number of nitrogens with one attached hydrogen (secondary N) is 2. The van der Waals surface area contributed by atoms with Crippen molar-refractivity contribution in [2.24, 2.45) is 4.99 Å². The first kappa shape index (κ1) is 21.2. The third kappa shape index (κ3) is 6.27. The van der Waals surface area contributed by atoms with E-state index in [4.69, 9.17) is 9.47 Å². The molecule has 0 radical (unpaired) electrons. The number of ether oxygens (including phenoxy) is 2. The standard InChI is InChI=1S/C23H29N5O2/c1-3-17-29-20-10-4-5-11-21(20)30-22-19(9-8-12-25-22)18-27-23(24-2)26-13-16-28-14-6-7-15-28/h4-12,14-15H,3,13,16-18H2,1-2H3,(H2,24,26,27). The van der Waals surface area contributed by atoms with E-state index in [0.717, 1.165) is 31.0 Å². The fourth-order valence-electron chi connectivity index (χ4n) is 2.84. The lowest BCUT2D eigenvalue weighted by Crippen LogP contribution is -2.38. The molecule has 1 aromatic carbocycles. The quantitative estimate of drug-likeness (QED) is 0.395. The summed E-state index contributed by atoms with van der Waals surface area (Å²) in [5.41, 5.74) is 0.927. The molecule has 0 bridgehead atoms. The number of pyridine rings is 1. The van der Waals surface area contributed by atoms with Gasteiger partial charge >= 0.3 is 0 Å². The number of aliphatic imine (C=N–C) groups is 1. The fourth-order valence-corrected chi connectivity index (χ4v) is 2.84. The zero-order valence-corrected chi connectivity index (χ0v) is 17.5. The van der Waals surface area contributed by atoms with Crippen LogP contribution < -0.4 is 20.1 Å². The van der Waals surface area contributed by atoms with Gasteiger partial charge in [0.05, 0.1) is 6.61 Å². The van der Waals surface area contributed by atoms with E-state index in [2.05, 4.69) is 32.1 Å². The summed E-state index contributed by atoms with van der Waals surface area (Å²) in [6.07, 6.45) is 6.74. The van der Waals surface area contributed by atoms with Crippen LogP contribution in [0.1, 0.15) is 18.9 Å². The molecule has 0 aliphatic carbocycles. The topological polar surface area (TPSA) is 72.7 Å². The van der Waals surface area contributed by atoms with Crippen LogP contribution in [0.25, 0.3) is 0 Å². The summed E-state index contributed by atoms with van der Waals surface area (Å²) in [5, 5.41) is 6.64. The maximum absolute atomic E-state index is 6.09. The Balaban J connectivity index is 1.59. The summed E-state index contributed by atoms with van der Waals surface area (Å²) in [6, 6.07) is 15.6. The minimum Gasteiger partial charge on any atom is -0.490 e. The van der Waals surface area contributed by atoms with Crippen molar-refractivity contribution in [2.45, 2.75) is 26.4 Å². The molecule has 0 amide bonds. The van der Waals surface area contributed by atoms with Gasteiger partial charge in [-0.3, -0.25) is 4.99 Å². The molecule has 0 saturated heterocycles. The van der Waals surface area contributed by atoms with Gasteiger partial charge in [0.1, 0.15) is 0 Å². The van der Waals surface area contributed by atoms with E-state index >= 15 is 0 Å². The van der Waals surface area contributed by atoms with Crippen molar-refractivity contribution in [3.05, 3.63) is 72.7 Å². The van der Waals surface area contributed by atoms with Crippen LogP contribution in [-0.4, -0.2) is 35.7 Å². The average molecular weight is 408 g/mol. The van der Waals surface area contributed by atoms with Crippen LogP contribution >= 0.6 is 0 Å². The van der Waals surface area contributed by atoms with Crippen molar-refractivity contribution in [1.29, 1.82) is 0 Å². The van der Waals surface area contributed by atoms with Gasteiger partial charge in [-0.25, -0.2) is 4.98 Å². The van der Waals surface area contributed by atoms with E-state index in [9.17, 15) is 0 Å². The lowest BCUT2D eigenvalue weighted by molar-refractivity contribution is 0.300. The van der Waals surface area contributed by atoms with Crippen LogP contribution in [0.4, 0.5) is 0 Å². The minimum atomic E-state index is 0.532. The molecule has 3 rings (SSSR count). The van der Waals surface area contributed by atoms with Gasteiger partial charge in [0.15, 0.2) is 17.5 Å². The molecule has 7 nitrogen and oxygen atoms in total. The first-order valence-electron chi connectivity index (χ1n) is 10.2. The van der Waals surface area contributed by atoms with Crippen molar-refractivity contribution < 1.29 is 9.47 Å². The molecule has 2 N–H and O–H groups in total. The number of hydrogen-bond acceptors (Lipinski definition) is 4. The molecule has 0 aliphatic rings. The number of para-hydroxylation sites is 2. The predicted molar refractivity (Wildman–Crippen MR) is 119 cm³/mol. The second kappa shape index (κ2) is 11.5. The molecule has 7 heteroatoms. The summed E-state index contributed by atoms with van der Waals surface area (Å²) < 4.78 is 14.0. The maximum atomic E-state index is 6.09. The Bertz CT molecular complexity index is 925. The van der Waals surface area contributed by atoms with Gasteiger partial charge in [0.25, 0.3) is 0 Å². The molecule has 158 valence electrons. The Morgan fingerprint density at radius 1 is 1.03 bits per heavy atom. The number of hydrogen-bond donors (Lipinski definition) is 2. The molecular formula is C23H29N5O2. The normalized spacial score (nSPS) is 11.2. The van der Waals surface area contributed by atoms with E-state index < -0.39 is 0 Å². The van der Waals surface area contributed by atoms with Gasteiger partial charge in [-0.2, -0.15) is 0 Å². The van der Waals surface area contributed by atoms with Crippen molar-refractivity contribution in [3.8, 4) is 17.4 Å². The number of benzene rings is 1. The number of aromatic nitrogens is 2. The second-order valence-electron chi connectivity index (χ2n) is 6.64. The Hall–Kier alpha value is -3.48. The summed E-state index contributed by atoms with van der Waals surface area (Å²) in [4.78, 5) is 8.70. The second-order valence-corrected chi connectivity index (χ2v) is 6.64. The average Bonchev–Trinajstić information content (AvgIpc) is 3.30. The van der Waals surface area contributed by atoms with Crippen LogP contribution in [0.5, 0.6) is 17.4 Å². The van der Waals surface area contributed by atoms with Crippen molar-refractivity contribution in [3.63, 3.8) is 0 Å². The Morgan fingerprint density at radius 2 is 1.83 bits per heavy atom. The SMILES string of the molecule is CCCOc1ccccc1Oc1ncccc1CNC(=NC)NCCn1cccc1. The summed E-state index contributed by atoms with van der Waals surface area (Å²) in [5.74, 6) is 2.63. The summed E-state index contributed by atoms with van der Waals surface area (Å²) >= 11 is 0. The third-order valence-electron chi connectivity index (χ3n) is 4.37.